The SMILES string of the molecule is O=C(NC(c1ccc(F)cc1)C1CCCO1)N1CCN(c2ccccc2)CC1. The molecule has 4 rings (SSSR count). The second-order valence-corrected chi connectivity index (χ2v) is 7.34. The van der Waals surface area contributed by atoms with Crippen LogP contribution >= 0.6 is 0 Å². The van der Waals surface area contributed by atoms with Crippen molar-refractivity contribution >= 4 is 11.7 Å². The number of benzene rings is 2. The maximum atomic E-state index is 13.3. The zero-order chi connectivity index (χ0) is 19.3. The van der Waals surface area contributed by atoms with Crippen LogP contribution in [-0.2, 0) is 4.74 Å². The molecular formula is C22H26FN3O2. The van der Waals surface area contributed by atoms with E-state index in [0.717, 1.165) is 31.5 Å². The molecule has 2 aliphatic rings. The quantitative estimate of drug-likeness (QED) is 0.878. The Hall–Kier alpha value is -2.60. The summed E-state index contributed by atoms with van der Waals surface area (Å²) in [4.78, 5) is 17.1. The number of anilines is 1. The maximum absolute atomic E-state index is 13.3. The molecule has 1 N–H and O–H groups in total. The summed E-state index contributed by atoms with van der Waals surface area (Å²) >= 11 is 0. The summed E-state index contributed by atoms with van der Waals surface area (Å²) in [7, 11) is 0. The van der Waals surface area contributed by atoms with Crippen molar-refractivity contribution in [3.05, 3.63) is 66.0 Å². The second kappa shape index (κ2) is 8.61. The molecule has 2 amide bonds. The molecule has 2 aromatic rings. The molecule has 0 saturated carbocycles. The molecule has 2 heterocycles. The summed E-state index contributed by atoms with van der Waals surface area (Å²) in [5.74, 6) is -0.279. The van der Waals surface area contributed by atoms with Crippen molar-refractivity contribution in [3.8, 4) is 0 Å². The predicted molar refractivity (Wildman–Crippen MR) is 107 cm³/mol. The van der Waals surface area contributed by atoms with E-state index in [4.69, 9.17) is 4.74 Å². The highest BCUT2D eigenvalue weighted by Gasteiger charge is 2.31. The number of urea groups is 1. The average Bonchev–Trinajstić information content (AvgIpc) is 3.28. The summed E-state index contributed by atoms with van der Waals surface area (Å²) in [5.41, 5.74) is 2.07. The molecule has 2 fully saturated rings. The van der Waals surface area contributed by atoms with Gasteiger partial charge in [0.25, 0.3) is 0 Å². The van der Waals surface area contributed by atoms with E-state index in [-0.39, 0.29) is 24.0 Å². The highest BCUT2D eigenvalue weighted by molar-refractivity contribution is 5.75. The van der Waals surface area contributed by atoms with E-state index in [9.17, 15) is 9.18 Å². The molecular weight excluding hydrogens is 357 g/mol. The van der Waals surface area contributed by atoms with Gasteiger partial charge < -0.3 is 19.9 Å². The van der Waals surface area contributed by atoms with Crippen LogP contribution in [0, 0.1) is 5.82 Å². The Kier molecular flexibility index (Phi) is 5.76. The van der Waals surface area contributed by atoms with Crippen molar-refractivity contribution in [2.75, 3.05) is 37.7 Å². The minimum Gasteiger partial charge on any atom is -0.376 e. The number of amides is 2. The number of para-hydroxylation sites is 1. The number of ether oxygens (including phenoxy) is 1. The van der Waals surface area contributed by atoms with E-state index in [1.54, 1.807) is 12.1 Å². The topological polar surface area (TPSA) is 44.8 Å². The number of hydrogen-bond donors (Lipinski definition) is 1. The van der Waals surface area contributed by atoms with Crippen LogP contribution in [0.15, 0.2) is 54.6 Å². The molecule has 2 saturated heterocycles. The standard InChI is InChI=1S/C22H26FN3O2/c23-18-10-8-17(9-11-18)21(20-7-4-16-28-20)24-22(27)26-14-12-25(13-15-26)19-5-2-1-3-6-19/h1-3,5-6,8-11,20-21H,4,7,12-16H2,(H,24,27). The van der Waals surface area contributed by atoms with Gasteiger partial charge in [-0.25, -0.2) is 9.18 Å². The Morgan fingerprint density at radius 1 is 1.04 bits per heavy atom. The second-order valence-electron chi connectivity index (χ2n) is 7.34. The number of nitrogens with one attached hydrogen (secondary N) is 1. The molecule has 2 unspecified atom stereocenters. The Balaban J connectivity index is 1.40. The first kappa shape index (κ1) is 18.7. The fourth-order valence-electron chi connectivity index (χ4n) is 3.96. The van der Waals surface area contributed by atoms with Crippen molar-refractivity contribution < 1.29 is 13.9 Å². The molecule has 2 aromatic carbocycles. The van der Waals surface area contributed by atoms with E-state index in [1.165, 1.54) is 17.8 Å². The number of carbonyl (C=O) groups excluding carboxylic acids is 1. The van der Waals surface area contributed by atoms with Gasteiger partial charge in [0.05, 0.1) is 12.1 Å². The Labute approximate surface area is 165 Å². The lowest BCUT2D eigenvalue weighted by Gasteiger charge is -2.37. The van der Waals surface area contributed by atoms with E-state index in [2.05, 4.69) is 22.3 Å². The van der Waals surface area contributed by atoms with Crippen molar-refractivity contribution in [2.24, 2.45) is 0 Å². The van der Waals surface area contributed by atoms with Crippen molar-refractivity contribution in [1.29, 1.82) is 0 Å². The minimum absolute atomic E-state index is 0.0694. The molecule has 0 aliphatic carbocycles. The van der Waals surface area contributed by atoms with Gasteiger partial charge in [0.15, 0.2) is 0 Å². The highest BCUT2D eigenvalue weighted by atomic mass is 19.1. The first-order valence-corrected chi connectivity index (χ1v) is 9.93. The number of rotatable bonds is 4. The minimum atomic E-state index is -0.279. The van der Waals surface area contributed by atoms with Gasteiger partial charge in [-0.05, 0) is 42.7 Å². The Morgan fingerprint density at radius 2 is 1.75 bits per heavy atom. The number of nitrogens with zero attached hydrogens (tertiary/aromatic N) is 2. The molecule has 2 aliphatic heterocycles. The lowest BCUT2D eigenvalue weighted by atomic mass is 9.99. The maximum Gasteiger partial charge on any atom is 0.318 e. The van der Waals surface area contributed by atoms with Gasteiger partial charge in [-0.3, -0.25) is 0 Å². The number of halogens is 1. The van der Waals surface area contributed by atoms with E-state index in [1.807, 2.05) is 23.1 Å². The molecule has 6 heteroatoms. The number of piperazine rings is 1. The molecule has 148 valence electrons. The molecule has 0 bridgehead atoms. The van der Waals surface area contributed by atoms with Gasteiger partial charge in [0, 0.05) is 38.5 Å². The fraction of sp³-hybridized carbons (Fsp3) is 0.409. The van der Waals surface area contributed by atoms with E-state index in [0.29, 0.717) is 19.7 Å². The predicted octanol–water partition coefficient (Wildman–Crippen LogP) is 3.58. The summed E-state index contributed by atoms with van der Waals surface area (Å²) in [6.07, 6.45) is 1.80. The third-order valence-electron chi connectivity index (χ3n) is 5.53. The summed E-state index contributed by atoms with van der Waals surface area (Å²) in [5, 5.41) is 3.14. The van der Waals surface area contributed by atoms with Crippen LogP contribution in [0.1, 0.15) is 24.4 Å². The smallest absolute Gasteiger partial charge is 0.318 e. The summed E-state index contributed by atoms with van der Waals surface area (Å²) in [6.45, 7) is 3.65. The zero-order valence-electron chi connectivity index (χ0n) is 15.9. The van der Waals surface area contributed by atoms with Crippen LogP contribution in [0.5, 0.6) is 0 Å². The normalized spacial score (nSPS) is 20.8. The summed E-state index contributed by atoms with van der Waals surface area (Å²) in [6, 6.07) is 16.2. The van der Waals surface area contributed by atoms with Gasteiger partial charge in [-0.2, -0.15) is 0 Å². The van der Waals surface area contributed by atoms with Crippen LogP contribution in [0.2, 0.25) is 0 Å². The average molecular weight is 383 g/mol. The first-order chi connectivity index (χ1) is 13.7. The van der Waals surface area contributed by atoms with Crippen LogP contribution in [0.3, 0.4) is 0 Å². The third-order valence-corrected chi connectivity index (χ3v) is 5.53. The molecule has 28 heavy (non-hydrogen) atoms. The van der Waals surface area contributed by atoms with Gasteiger partial charge in [-0.1, -0.05) is 30.3 Å². The van der Waals surface area contributed by atoms with Gasteiger partial charge in [0.2, 0.25) is 0 Å². The highest BCUT2D eigenvalue weighted by Crippen LogP contribution is 2.27. The zero-order valence-corrected chi connectivity index (χ0v) is 15.9. The molecule has 0 radical (unpaired) electrons. The molecule has 0 spiro atoms. The molecule has 2 atom stereocenters. The van der Waals surface area contributed by atoms with E-state index < -0.39 is 0 Å². The number of carbonyl (C=O) groups is 1. The van der Waals surface area contributed by atoms with Gasteiger partial charge in [0.1, 0.15) is 5.82 Å². The van der Waals surface area contributed by atoms with Crippen LogP contribution in [-0.4, -0.2) is 49.8 Å². The van der Waals surface area contributed by atoms with Crippen LogP contribution in [0.25, 0.3) is 0 Å². The first-order valence-electron chi connectivity index (χ1n) is 9.93. The number of hydrogen-bond acceptors (Lipinski definition) is 3. The molecule has 5 nitrogen and oxygen atoms in total. The van der Waals surface area contributed by atoms with Gasteiger partial charge in [-0.15, -0.1) is 0 Å². The van der Waals surface area contributed by atoms with Crippen molar-refractivity contribution in [1.82, 2.24) is 10.2 Å². The monoisotopic (exact) mass is 383 g/mol. The largest absolute Gasteiger partial charge is 0.376 e. The van der Waals surface area contributed by atoms with Crippen molar-refractivity contribution in [2.45, 2.75) is 25.0 Å². The Bertz CT molecular complexity index is 770. The lowest BCUT2D eigenvalue weighted by molar-refractivity contribution is 0.0777. The fourth-order valence-corrected chi connectivity index (χ4v) is 3.96. The van der Waals surface area contributed by atoms with Gasteiger partial charge >= 0.3 is 6.03 Å². The van der Waals surface area contributed by atoms with E-state index >= 15 is 0 Å². The van der Waals surface area contributed by atoms with Crippen molar-refractivity contribution in [3.63, 3.8) is 0 Å². The lowest BCUT2D eigenvalue weighted by Crippen LogP contribution is -2.53. The van der Waals surface area contributed by atoms with Crippen LogP contribution in [0.4, 0.5) is 14.9 Å². The van der Waals surface area contributed by atoms with Crippen LogP contribution < -0.4 is 10.2 Å². The summed E-state index contributed by atoms with van der Waals surface area (Å²) < 4.78 is 19.2. The molecule has 0 aromatic heterocycles. The third kappa shape index (κ3) is 4.28. The Morgan fingerprint density at radius 3 is 2.39 bits per heavy atom.